The van der Waals surface area contributed by atoms with Crippen LogP contribution in [0.3, 0.4) is 0 Å². The largest absolute Gasteiger partial charge is 0.324 e. The number of nitrogens with zero attached hydrogens (tertiary/aromatic N) is 1. The quantitative estimate of drug-likeness (QED) is 0.672. The van der Waals surface area contributed by atoms with Crippen LogP contribution in [0, 0.1) is 6.92 Å². The number of thioether (sulfide) groups is 1. The molecule has 2 aromatic rings. The maximum atomic E-state index is 11.8. The van der Waals surface area contributed by atoms with Gasteiger partial charge in [-0.25, -0.2) is 4.98 Å². The molecule has 0 aliphatic rings. The molecule has 1 aromatic heterocycles. The minimum atomic E-state index is -0.246. The first-order valence-electron chi connectivity index (χ1n) is 5.79. The molecule has 0 saturated carbocycles. The molecule has 0 unspecified atom stereocenters. The predicted molar refractivity (Wildman–Crippen MR) is 80.4 cm³/mol. The smallest absolute Gasteiger partial charge is 0.251 e. The van der Waals surface area contributed by atoms with Gasteiger partial charge in [0, 0.05) is 12.3 Å². The second-order valence-corrected chi connectivity index (χ2v) is 5.43. The van der Waals surface area contributed by atoms with Gasteiger partial charge in [0.25, 0.3) is 5.56 Å². The number of aryl methyl sites for hydroxylation is 1. The Kier molecular flexibility index (Phi) is 4.81. The number of rotatable bonds is 4. The molecular weight excluding hydrogens is 298 g/mol. The fraction of sp³-hybridized carbons (Fsp3) is 0.154. The first-order valence-corrected chi connectivity index (χ1v) is 7.15. The van der Waals surface area contributed by atoms with E-state index in [0.29, 0.717) is 15.9 Å². The number of anilines is 1. The van der Waals surface area contributed by atoms with Crippen LogP contribution in [0.5, 0.6) is 0 Å². The van der Waals surface area contributed by atoms with Gasteiger partial charge in [0.2, 0.25) is 5.91 Å². The minimum absolute atomic E-state index is 0.136. The van der Waals surface area contributed by atoms with Crippen LogP contribution in [0.25, 0.3) is 0 Å². The summed E-state index contributed by atoms with van der Waals surface area (Å²) < 4.78 is 0. The third-order valence-corrected chi connectivity index (χ3v) is 3.59. The van der Waals surface area contributed by atoms with Crippen LogP contribution < -0.4 is 10.9 Å². The van der Waals surface area contributed by atoms with E-state index in [9.17, 15) is 9.59 Å². The normalized spacial score (nSPS) is 10.3. The summed E-state index contributed by atoms with van der Waals surface area (Å²) in [6.07, 6.45) is 1.40. The first-order chi connectivity index (χ1) is 9.54. The van der Waals surface area contributed by atoms with Gasteiger partial charge < -0.3 is 10.3 Å². The summed E-state index contributed by atoms with van der Waals surface area (Å²) in [6, 6.07) is 6.71. The van der Waals surface area contributed by atoms with Gasteiger partial charge in [-0.2, -0.15) is 0 Å². The Labute approximate surface area is 124 Å². The molecule has 2 N–H and O–H groups in total. The number of hydrogen-bond acceptors (Lipinski definition) is 4. The van der Waals surface area contributed by atoms with Crippen molar-refractivity contribution < 1.29 is 4.79 Å². The fourth-order valence-corrected chi connectivity index (χ4v) is 2.40. The molecule has 0 bridgehead atoms. The summed E-state index contributed by atoms with van der Waals surface area (Å²) >= 11 is 7.18. The summed E-state index contributed by atoms with van der Waals surface area (Å²) in [5.74, 6) is -0.0794. The van der Waals surface area contributed by atoms with Gasteiger partial charge >= 0.3 is 0 Å². The third kappa shape index (κ3) is 4.11. The lowest BCUT2D eigenvalue weighted by Gasteiger charge is -2.07. The van der Waals surface area contributed by atoms with Crippen molar-refractivity contribution in [3.05, 3.63) is 51.4 Å². The number of halogens is 1. The van der Waals surface area contributed by atoms with E-state index in [-0.39, 0.29) is 17.2 Å². The highest BCUT2D eigenvalue weighted by atomic mass is 35.5. The van der Waals surface area contributed by atoms with Crippen LogP contribution in [-0.4, -0.2) is 21.6 Å². The van der Waals surface area contributed by atoms with Gasteiger partial charge in [-0.1, -0.05) is 29.4 Å². The lowest BCUT2D eigenvalue weighted by Crippen LogP contribution is -2.15. The van der Waals surface area contributed by atoms with Crippen LogP contribution in [-0.2, 0) is 4.79 Å². The van der Waals surface area contributed by atoms with E-state index < -0.39 is 0 Å². The Hall–Kier alpha value is -1.79. The van der Waals surface area contributed by atoms with E-state index in [0.717, 1.165) is 17.3 Å². The molecule has 2 rings (SSSR count). The average Bonchev–Trinajstić information content (AvgIpc) is 2.40. The molecule has 0 atom stereocenters. The van der Waals surface area contributed by atoms with E-state index in [2.05, 4.69) is 15.3 Å². The molecule has 5 nitrogen and oxygen atoms in total. The van der Waals surface area contributed by atoms with Gasteiger partial charge in [-0.3, -0.25) is 9.59 Å². The molecule has 0 aliphatic heterocycles. The first kappa shape index (κ1) is 14.6. The van der Waals surface area contributed by atoms with E-state index in [1.165, 1.54) is 12.3 Å². The number of carbonyl (C=O) groups is 1. The lowest BCUT2D eigenvalue weighted by molar-refractivity contribution is -0.113. The molecule has 1 aromatic carbocycles. The van der Waals surface area contributed by atoms with Crippen molar-refractivity contribution in [2.45, 2.75) is 12.1 Å². The van der Waals surface area contributed by atoms with Crippen molar-refractivity contribution in [1.29, 1.82) is 0 Å². The van der Waals surface area contributed by atoms with Gasteiger partial charge in [0.05, 0.1) is 16.5 Å². The number of hydrogen-bond donors (Lipinski definition) is 2. The Morgan fingerprint density at radius 3 is 2.95 bits per heavy atom. The van der Waals surface area contributed by atoms with Crippen molar-refractivity contribution in [2.75, 3.05) is 11.1 Å². The van der Waals surface area contributed by atoms with E-state index in [1.807, 2.05) is 13.0 Å². The van der Waals surface area contributed by atoms with Crippen LogP contribution in [0.2, 0.25) is 5.02 Å². The second kappa shape index (κ2) is 6.58. The highest BCUT2D eigenvalue weighted by Gasteiger charge is 2.07. The fourth-order valence-electron chi connectivity index (χ4n) is 1.47. The molecule has 7 heteroatoms. The van der Waals surface area contributed by atoms with E-state index >= 15 is 0 Å². The molecular formula is C13H12ClN3O2S. The molecule has 1 amide bonds. The van der Waals surface area contributed by atoms with E-state index in [1.54, 1.807) is 12.1 Å². The molecule has 20 heavy (non-hydrogen) atoms. The van der Waals surface area contributed by atoms with Crippen LogP contribution >= 0.6 is 23.4 Å². The number of aromatic nitrogens is 2. The molecule has 1 heterocycles. The molecule has 0 spiro atoms. The van der Waals surface area contributed by atoms with E-state index in [4.69, 9.17) is 11.6 Å². The second-order valence-electron chi connectivity index (χ2n) is 4.06. The number of nitrogens with one attached hydrogen (secondary N) is 2. The maximum Gasteiger partial charge on any atom is 0.251 e. The van der Waals surface area contributed by atoms with Crippen molar-refractivity contribution in [3.63, 3.8) is 0 Å². The van der Waals surface area contributed by atoms with Crippen molar-refractivity contribution in [1.82, 2.24) is 9.97 Å². The molecule has 0 fully saturated rings. The van der Waals surface area contributed by atoms with Crippen LogP contribution in [0.4, 0.5) is 5.69 Å². The Bertz CT molecular complexity index is 687. The number of H-pyrrole nitrogens is 1. The standard InChI is InChI=1S/C13H12ClN3O2S/c1-8-2-3-10(9(14)6-8)16-12(19)7-20-13-15-5-4-11(18)17-13/h2-6H,7H2,1H3,(H,16,19)(H,15,17,18). The number of benzene rings is 1. The molecule has 0 aliphatic carbocycles. The van der Waals surface area contributed by atoms with Crippen LogP contribution in [0.15, 0.2) is 40.4 Å². The average molecular weight is 310 g/mol. The number of carbonyl (C=O) groups excluding carboxylic acids is 1. The summed E-state index contributed by atoms with van der Waals surface area (Å²) in [5, 5.41) is 3.61. The van der Waals surface area contributed by atoms with Crippen molar-refractivity contribution in [3.8, 4) is 0 Å². The van der Waals surface area contributed by atoms with Crippen molar-refractivity contribution in [2.24, 2.45) is 0 Å². The minimum Gasteiger partial charge on any atom is -0.324 e. The Morgan fingerprint density at radius 2 is 2.25 bits per heavy atom. The highest BCUT2D eigenvalue weighted by molar-refractivity contribution is 7.99. The highest BCUT2D eigenvalue weighted by Crippen LogP contribution is 2.23. The van der Waals surface area contributed by atoms with Gasteiger partial charge in [0.1, 0.15) is 0 Å². The zero-order valence-corrected chi connectivity index (χ0v) is 12.2. The van der Waals surface area contributed by atoms with Crippen LogP contribution in [0.1, 0.15) is 5.56 Å². The summed E-state index contributed by atoms with van der Waals surface area (Å²) in [6.45, 7) is 1.92. The summed E-state index contributed by atoms with van der Waals surface area (Å²) in [7, 11) is 0. The zero-order valence-electron chi connectivity index (χ0n) is 10.6. The SMILES string of the molecule is Cc1ccc(NC(=O)CSc2nccc(=O)[nH]2)c(Cl)c1. The topological polar surface area (TPSA) is 74.8 Å². The lowest BCUT2D eigenvalue weighted by atomic mass is 10.2. The van der Waals surface area contributed by atoms with Crippen molar-refractivity contribution >= 4 is 35.0 Å². The Balaban J connectivity index is 1.94. The molecule has 0 radical (unpaired) electrons. The van der Waals surface area contributed by atoms with Gasteiger partial charge in [-0.15, -0.1) is 0 Å². The number of aromatic amines is 1. The predicted octanol–water partition coefficient (Wildman–Crippen LogP) is 2.46. The summed E-state index contributed by atoms with van der Waals surface area (Å²) in [5.41, 5.74) is 1.34. The monoisotopic (exact) mass is 309 g/mol. The Morgan fingerprint density at radius 1 is 1.45 bits per heavy atom. The summed E-state index contributed by atoms with van der Waals surface area (Å²) in [4.78, 5) is 29.4. The van der Waals surface area contributed by atoms with Gasteiger partial charge in [-0.05, 0) is 24.6 Å². The molecule has 104 valence electrons. The zero-order chi connectivity index (χ0) is 14.5. The van der Waals surface area contributed by atoms with Gasteiger partial charge in [0.15, 0.2) is 5.16 Å². The third-order valence-electron chi connectivity index (χ3n) is 2.39. The molecule has 0 saturated heterocycles. The maximum absolute atomic E-state index is 11.8. The number of amides is 1.